The van der Waals surface area contributed by atoms with Crippen LogP contribution >= 0.6 is 11.8 Å². The molecule has 3 amide bonds. The standard InChI is InChI=1S/C20H18N2O6S/c1-27-15-7-6-12(8-16(15)28-2)9-17-19(25)22(20(26)29-17)11-18(24)21-13-4-3-5-14(23)10-13/h3-10,23H,11H2,1-2H3,(H,21,24)/b17-9+. The van der Waals surface area contributed by atoms with Gasteiger partial charge in [0, 0.05) is 11.8 Å². The highest BCUT2D eigenvalue weighted by Gasteiger charge is 2.36. The van der Waals surface area contributed by atoms with Crippen molar-refractivity contribution in [1.29, 1.82) is 0 Å². The predicted octanol–water partition coefficient (Wildman–Crippen LogP) is 3.08. The first-order valence-electron chi connectivity index (χ1n) is 8.47. The van der Waals surface area contributed by atoms with Gasteiger partial charge in [0.15, 0.2) is 11.5 Å². The number of aromatic hydroxyl groups is 1. The molecular weight excluding hydrogens is 396 g/mol. The molecule has 1 fully saturated rings. The van der Waals surface area contributed by atoms with Gasteiger partial charge in [-0.15, -0.1) is 0 Å². The van der Waals surface area contributed by atoms with Crippen LogP contribution in [-0.4, -0.2) is 47.8 Å². The van der Waals surface area contributed by atoms with Gasteiger partial charge < -0.3 is 19.9 Å². The first-order chi connectivity index (χ1) is 13.9. The second-order valence-electron chi connectivity index (χ2n) is 5.98. The minimum absolute atomic E-state index is 0.00757. The van der Waals surface area contributed by atoms with Crippen molar-refractivity contribution in [2.75, 3.05) is 26.1 Å². The van der Waals surface area contributed by atoms with Crippen LogP contribution in [0.5, 0.6) is 17.2 Å². The number of rotatable bonds is 6. The Bertz CT molecular complexity index is 1000. The zero-order valence-corrected chi connectivity index (χ0v) is 16.5. The van der Waals surface area contributed by atoms with Gasteiger partial charge in [0.2, 0.25) is 5.91 Å². The van der Waals surface area contributed by atoms with E-state index >= 15 is 0 Å². The summed E-state index contributed by atoms with van der Waals surface area (Å²) >= 11 is 0.757. The maximum Gasteiger partial charge on any atom is 0.294 e. The minimum atomic E-state index is -0.555. The van der Waals surface area contributed by atoms with E-state index in [2.05, 4.69) is 5.32 Å². The number of amides is 3. The van der Waals surface area contributed by atoms with Crippen LogP contribution in [0.15, 0.2) is 47.4 Å². The Morgan fingerprint density at radius 2 is 1.90 bits per heavy atom. The Kier molecular flexibility index (Phi) is 6.08. The fourth-order valence-electron chi connectivity index (χ4n) is 2.66. The lowest BCUT2D eigenvalue weighted by atomic mass is 10.2. The molecule has 1 aliphatic rings. The molecule has 2 aromatic rings. The molecule has 1 saturated heterocycles. The van der Waals surface area contributed by atoms with Gasteiger partial charge in [-0.3, -0.25) is 19.3 Å². The molecule has 1 aliphatic heterocycles. The van der Waals surface area contributed by atoms with E-state index in [4.69, 9.17) is 9.47 Å². The largest absolute Gasteiger partial charge is 0.508 e. The Balaban J connectivity index is 1.72. The number of phenols is 1. The molecule has 2 aromatic carbocycles. The van der Waals surface area contributed by atoms with Crippen LogP contribution in [0.1, 0.15) is 5.56 Å². The third kappa shape index (κ3) is 4.69. The number of ether oxygens (including phenoxy) is 2. The summed E-state index contributed by atoms with van der Waals surface area (Å²) in [5.41, 5.74) is 1.01. The van der Waals surface area contributed by atoms with Crippen molar-refractivity contribution in [3.63, 3.8) is 0 Å². The number of nitrogens with zero attached hydrogens (tertiary/aromatic N) is 1. The number of thioether (sulfide) groups is 1. The highest BCUT2D eigenvalue weighted by molar-refractivity contribution is 8.18. The highest BCUT2D eigenvalue weighted by Crippen LogP contribution is 2.34. The maximum absolute atomic E-state index is 12.6. The summed E-state index contributed by atoms with van der Waals surface area (Å²) in [6, 6.07) is 11.1. The zero-order valence-electron chi connectivity index (χ0n) is 15.7. The Hall–Kier alpha value is -3.46. The normalized spacial score (nSPS) is 15.0. The molecule has 0 saturated carbocycles. The molecule has 2 N–H and O–H groups in total. The number of imide groups is 1. The average Bonchev–Trinajstić information content (AvgIpc) is 2.95. The van der Waals surface area contributed by atoms with Crippen molar-refractivity contribution < 1.29 is 29.0 Å². The molecule has 0 aromatic heterocycles. The number of hydrogen-bond donors (Lipinski definition) is 2. The van der Waals surface area contributed by atoms with Crippen LogP contribution in [0.25, 0.3) is 6.08 Å². The van der Waals surface area contributed by atoms with Crippen LogP contribution in [0, 0.1) is 0 Å². The smallest absolute Gasteiger partial charge is 0.294 e. The average molecular weight is 414 g/mol. The van der Waals surface area contributed by atoms with Crippen molar-refractivity contribution in [3.05, 3.63) is 52.9 Å². The number of carbonyl (C=O) groups excluding carboxylic acids is 3. The number of carbonyl (C=O) groups is 3. The van der Waals surface area contributed by atoms with Crippen molar-refractivity contribution in [1.82, 2.24) is 4.90 Å². The van der Waals surface area contributed by atoms with Crippen LogP contribution in [-0.2, 0) is 9.59 Å². The van der Waals surface area contributed by atoms with Gasteiger partial charge in [0.25, 0.3) is 11.1 Å². The Morgan fingerprint density at radius 3 is 2.59 bits per heavy atom. The zero-order chi connectivity index (χ0) is 21.0. The summed E-state index contributed by atoms with van der Waals surface area (Å²) in [6.45, 7) is -0.427. The highest BCUT2D eigenvalue weighted by atomic mass is 32.2. The number of phenolic OH excluding ortho intramolecular Hbond substituents is 1. The van der Waals surface area contributed by atoms with Gasteiger partial charge in [-0.2, -0.15) is 0 Å². The molecule has 0 aliphatic carbocycles. The summed E-state index contributed by atoms with van der Waals surface area (Å²) in [5.74, 6) is -0.0784. The number of anilines is 1. The molecular formula is C20H18N2O6S. The molecule has 0 spiro atoms. The molecule has 9 heteroatoms. The lowest BCUT2D eigenvalue weighted by Gasteiger charge is -2.12. The Morgan fingerprint density at radius 1 is 1.14 bits per heavy atom. The first-order valence-corrected chi connectivity index (χ1v) is 9.29. The van der Waals surface area contributed by atoms with E-state index in [1.807, 2.05) is 0 Å². The molecule has 3 rings (SSSR count). The molecule has 8 nitrogen and oxygen atoms in total. The first kappa shape index (κ1) is 20.3. The fourth-order valence-corrected chi connectivity index (χ4v) is 3.50. The summed E-state index contributed by atoms with van der Waals surface area (Å²) in [5, 5.41) is 11.4. The van der Waals surface area contributed by atoms with Gasteiger partial charge in [0.1, 0.15) is 12.3 Å². The van der Waals surface area contributed by atoms with E-state index in [0.717, 1.165) is 16.7 Å². The Labute approximate surface area is 171 Å². The summed E-state index contributed by atoms with van der Waals surface area (Å²) in [6.07, 6.45) is 1.56. The van der Waals surface area contributed by atoms with Crippen LogP contribution < -0.4 is 14.8 Å². The number of hydrogen-bond acceptors (Lipinski definition) is 7. The lowest BCUT2D eigenvalue weighted by molar-refractivity contribution is -0.127. The van der Waals surface area contributed by atoms with Gasteiger partial charge >= 0.3 is 0 Å². The number of methoxy groups -OCH3 is 2. The van der Waals surface area contributed by atoms with Crippen LogP contribution in [0.3, 0.4) is 0 Å². The molecule has 29 heavy (non-hydrogen) atoms. The summed E-state index contributed by atoms with van der Waals surface area (Å²) in [7, 11) is 3.02. The second kappa shape index (κ2) is 8.70. The SMILES string of the molecule is COc1ccc(/C=C2/SC(=O)N(CC(=O)Nc3cccc(O)c3)C2=O)cc1OC. The number of benzene rings is 2. The van der Waals surface area contributed by atoms with Crippen molar-refractivity contribution in [2.24, 2.45) is 0 Å². The molecule has 1 heterocycles. The third-order valence-electron chi connectivity index (χ3n) is 4.01. The van der Waals surface area contributed by atoms with Crippen molar-refractivity contribution >= 4 is 40.6 Å². The molecule has 0 bridgehead atoms. The van der Waals surface area contributed by atoms with Gasteiger partial charge in [0.05, 0.1) is 19.1 Å². The van der Waals surface area contributed by atoms with Gasteiger partial charge in [-0.05, 0) is 47.7 Å². The predicted molar refractivity (Wildman–Crippen MR) is 109 cm³/mol. The van der Waals surface area contributed by atoms with Crippen molar-refractivity contribution in [2.45, 2.75) is 0 Å². The second-order valence-corrected chi connectivity index (χ2v) is 6.97. The van der Waals surface area contributed by atoms with E-state index in [0.29, 0.717) is 22.7 Å². The van der Waals surface area contributed by atoms with Crippen molar-refractivity contribution in [3.8, 4) is 17.2 Å². The lowest BCUT2D eigenvalue weighted by Crippen LogP contribution is -2.36. The molecule has 150 valence electrons. The summed E-state index contributed by atoms with van der Waals surface area (Å²) in [4.78, 5) is 38.1. The molecule has 0 radical (unpaired) electrons. The molecule has 0 atom stereocenters. The topological polar surface area (TPSA) is 105 Å². The van der Waals surface area contributed by atoms with E-state index in [1.165, 1.54) is 26.4 Å². The minimum Gasteiger partial charge on any atom is -0.508 e. The van der Waals surface area contributed by atoms with E-state index in [-0.39, 0.29) is 10.7 Å². The number of nitrogens with one attached hydrogen (secondary N) is 1. The maximum atomic E-state index is 12.6. The van der Waals surface area contributed by atoms with Gasteiger partial charge in [-0.1, -0.05) is 12.1 Å². The van der Waals surface area contributed by atoms with E-state index < -0.39 is 23.6 Å². The van der Waals surface area contributed by atoms with Crippen LogP contribution in [0.2, 0.25) is 0 Å². The third-order valence-corrected chi connectivity index (χ3v) is 4.92. The van der Waals surface area contributed by atoms with E-state index in [1.54, 1.807) is 36.4 Å². The molecule has 0 unspecified atom stereocenters. The van der Waals surface area contributed by atoms with E-state index in [9.17, 15) is 19.5 Å². The quantitative estimate of drug-likeness (QED) is 0.700. The fraction of sp³-hybridized carbons (Fsp3) is 0.150. The van der Waals surface area contributed by atoms with Gasteiger partial charge in [-0.25, -0.2) is 0 Å². The van der Waals surface area contributed by atoms with Crippen LogP contribution in [0.4, 0.5) is 10.5 Å². The summed E-state index contributed by atoms with van der Waals surface area (Å²) < 4.78 is 10.4. The monoisotopic (exact) mass is 414 g/mol.